The summed E-state index contributed by atoms with van der Waals surface area (Å²) < 4.78 is 4.73. The number of aromatic nitrogens is 1. The summed E-state index contributed by atoms with van der Waals surface area (Å²) >= 11 is 0. The van der Waals surface area contributed by atoms with E-state index in [0.717, 1.165) is 12.1 Å². The average molecular weight is 262 g/mol. The zero-order valence-corrected chi connectivity index (χ0v) is 11.0. The molecule has 0 atom stereocenters. The summed E-state index contributed by atoms with van der Waals surface area (Å²) in [4.78, 5) is 28.0. The second kappa shape index (κ2) is 5.82. The molecule has 0 bridgehead atoms. The largest absolute Gasteiger partial charge is 0.468 e. The third-order valence-electron chi connectivity index (χ3n) is 3.61. The van der Waals surface area contributed by atoms with Crippen LogP contribution in [0.3, 0.4) is 0 Å². The first-order valence-electron chi connectivity index (χ1n) is 6.46. The van der Waals surface area contributed by atoms with Gasteiger partial charge in [0, 0.05) is 24.9 Å². The van der Waals surface area contributed by atoms with Crippen molar-refractivity contribution in [1.82, 2.24) is 10.3 Å². The Balaban J connectivity index is 1.86. The molecule has 102 valence electrons. The molecule has 1 aromatic heterocycles. The summed E-state index contributed by atoms with van der Waals surface area (Å²) in [6.45, 7) is 0.481. The number of carbonyl (C=O) groups is 2. The standard InChI is InChI=1S/C14H18N2O3/c1-19-13(18)14(7-4-8-14)12(17)16-10-6-11-5-2-3-9-15-11/h2-3,5,9H,4,6-8,10H2,1H3,(H,16,17). The van der Waals surface area contributed by atoms with Crippen LogP contribution >= 0.6 is 0 Å². The molecule has 0 radical (unpaired) electrons. The minimum atomic E-state index is -0.946. The van der Waals surface area contributed by atoms with Crippen LogP contribution in [0.25, 0.3) is 0 Å². The summed E-state index contributed by atoms with van der Waals surface area (Å²) in [7, 11) is 1.32. The third-order valence-corrected chi connectivity index (χ3v) is 3.61. The summed E-state index contributed by atoms with van der Waals surface area (Å²) in [5.74, 6) is -0.643. The van der Waals surface area contributed by atoms with Gasteiger partial charge in [0.25, 0.3) is 0 Å². The van der Waals surface area contributed by atoms with E-state index >= 15 is 0 Å². The fourth-order valence-electron chi connectivity index (χ4n) is 2.27. The molecule has 19 heavy (non-hydrogen) atoms. The summed E-state index contributed by atoms with van der Waals surface area (Å²) in [6.07, 6.45) is 4.43. The van der Waals surface area contributed by atoms with E-state index in [0.29, 0.717) is 25.8 Å². The highest BCUT2D eigenvalue weighted by Gasteiger charge is 2.51. The molecule has 0 aliphatic heterocycles. The lowest BCUT2D eigenvalue weighted by molar-refractivity contribution is -0.165. The second-order valence-electron chi connectivity index (χ2n) is 4.75. The number of esters is 1. The van der Waals surface area contributed by atoms with Crippen molar-refractivity contribution >= 4 is 11.9 Å². The molecular weight excluding hydrogens is 244 g/mol. The lowest BCUT2D eigenvalue weighted by Crippen LogP contribution is -2.51. The van der Waals surface area contributed by atoms with E-state index in [9.17, 15) is 9.59 Å². The molecule has 0 saturated heterocycles. The van der Waals surface area contributed by atoms with E-state index in [-0.39, 0.29) is 5.91 Å². The third kappa shape index (κ3) is 2.75. The van der Waals surface area contributed by atoms with Gasteiger partial charge in [0.15, 0.2) is 0 Å². The number of hydrogen-bond donors (Lipinski definition) is 1. The molecule has 0 unspecified atom stereocenters. The highest BCUT2D eigenvalue weighted by atomic mass is 16.5. The summed E-state index contributed by atoms with van der Waals surface area (Å²) in [5.41, 5.74) is -0.0256. The first-order valence-corrected chi connectivity index (χ1v) is 6.46. The van der Waals surface area contributed by atoms with Crippen LogP contribution in [0, 0.1) is 5.41 Å². The lowest BCUT2D eigenvalue weighted by Gasteiger charge is -2.36. The van der Waals surface area contributed by atoms with Crippen LogP contribution in [-0.4, -0.2) is 30.5 Å². The maximum absolute atomic E-state index is 12.1. The Morgan fingerprint density at radius 3 is 2.74 bits per heavy atom. The van der Waals surface area contributed by atoms with Crippen LogP contribution in [0.4, 0.5) is 0 Å². The first kappa shape index (κ1) is 13.5. The normalized spacial score (nSPS) is 16.3. The van der Waals surface area contributed by atoms with Crippen molar-refractivity contribution in [3.63, 3.8) is 0 Å². The van der Waals surface area contributed by atoms with Gasteiger partial charge in [0.2, 0.25) is 5.91 Å². The van der Waals surface area contributed by atoms with Crippen LogP contribution in [0.15, 0.2) is 24.4 Å². The second-order valence-corrected chi connectivity index (χ2v) is 4.75. The first-order chi connectivity index (χ1) is 9.19. The van der Waals surface area contributed by atoms with Crippen LogP contribution in [0.5, 0.6) is 0 Å². The Labute approximate surface area is 112 Å². The fourth-order valence-corrected chi connectivity index (χ4v) is 2.27. The Hall–Kier alpha value is -1.91. The molecule has 1 fully saturated rings. The van der Waals surface area contributed by atoms with Gasteiger partial charge in [-0.15, -0.1) is 0 Å². The van der Waals surface area contributed by atoms with Crippen molar-refractivity contribution < 1.29 is 14.3 Å². The average Bonchev–Trinajstić information content (AvgIpc) is 2.38. The number of nitrogens with one attached hydrogen (secondary N) is 1. The van der Waals surface area contributed by atoms with Crippen molar-refractivity contribution in [3.05, 3.63) is 30.1 Å². The van der Waals surface area contributed by atoms with E-state index in [2.05, 4.69) is 10.3 Å². The molecule has 1 saturated carbocycles. The van der Waals surface area contributed by atoms with Crippen molar-refractivity contribution in [2.75, 3.05) is 13.7 Å². The Bertz CT molecular complexity index is 455. The van der Waals surface area contributed by atoms with Crippen molar-refractivity contribution in [2.45, 2.75) is 25.7 Å². The number of ether oxygens (including phenoxy) is 1. The van der Waals surface area contributed by atoms with Crippen molar-refractivity contribution in [3.8, 4) is 0 Å². The van der Waals surface area contributed by atoms with Crippen molar-refractivity contribution in [1.29, 1.82) is 0 Å². The minimum Gasteiger partial charge on any atom is -0.468 e. The number of hydrogen-bond acceptors (Lipinski definition) is 4. The maximum atomic E-state index is 12.1. The monoisotopic (exact) mass is 262 g/mol. The highest BCUT2D eigenvalue weighted by molar-refractivity contribution is 6.03. The van der Waals surface area contributed by atoms with Crippen LogP contribution in [-0.2, 0) is 20.7 Å². The maximum Gasteiger partial charge on any atom is 0.321 e. The van der Waals surface area contributed by atoms with Gasteiger partial charge in [-0.25, -0.2) is 0 Å². The number of rotatable bonds is 5. The minimum absolute atomic E-state index is 0.221. The number of amides is 1. The van der Waals surface area contributed by atoms with Crippen molar-refractivity contribution in [2.24, 2.45) is 5.41 Å². The highest BCUT2D eigenvalue weighted by Crippen LogP contribution is 2.42. The Kier molecular flexibility index (Phi) is 4.14. The zero-order chi connectivity index (χ0) is 13.7. The number of pyridine rings is 1. The molecule has 1 aliphatic carbocycles. The van der Waals surface area contributed by atoms with E-state index in [4.69, 9.17) is 4.74 Å². The Morgan fingerprint density at radius 2 is 2.21 bits per heavy atom. The zero-order valence-electron chi connectivity index (χ0n) is 11.0. The van der Waals surface area contributed by atoms with Crippen LogP contribution < -0.4 is 5.32 Å². The van der Waals surface area contributed by atoms with E-state index < -0.39 is 11.4 Å². The topological polar surface area (TPSA) is 68.3 Å². The van der Waals surface area contributed by atoms with Gasteiger partial charge < -0.3 is 10.1 Å². The number of nitrogens with zero attached hydrogens (tertiary/aromatic N) is 1. The van der Waals surface area contributed by atoms with Gasteiger partial charge in [-0.05, 0) is 25.0 Å². The van der Waals surface area contributed by atoms with Gasteiger partial charge in [0.05, 0.1) is 7.11 Å². The molecule has 1 aliphatic rings. The quantitative estimate of drug-likeness (QED) is 0.637. The van der Waals surface area contributed by atoms with Gasteiger partial charge in [-0.3, -0.25) is 14.6 Å². The van der Waals surface area contributed by atoms with Crippen LogP contribution in [0.1, 0.15) is 25.0 Å². The number of carbonyl (C=O) groups excluding carboxylic acids is 2. The summed E-state index contributed by atoms with van der Waals surface area (Å²) in [6, 6.07) is 5.67. The molecular formula is C14H18N2O3. The van der Waals surface area contributed by atoms with Gasteiger partial charge in [-0.2, -0.15) is 0 Å². The smallest absolute Gasteiger partial charge is 0.321 e. The Morgan fingerprint density at radius 1 is 1.42 bits per heavy atom. The SMILES string of the molecule is COC(=O)C1(C(=O)NCCc2ccccn2)CCC1. The molecule has 5 heteroatoms. The molecule has 5 nitrogen and oxygen atoms in total. The van der Waals surface area contributed by atoms with E-state index in [1.165, 1.54) is 7.11 Å². The van der Waals surface area contributed by atoms with Gasteiger partial charge in [0.1, 0.15) is 5.41 Å². The fraction of sp³-hybridized carbons (Fsp3) is 0.500. The molecule has 1 N–H and O–H groups in total. The molecule has 2 rings (SSSR count). The molecule has 1 heterocycles. The lowest BCUT2D eigenvalue weighted by atomic mass is 9.68. The molecule has 0 aromatic carbocycles. The van der Waals surface area contributed by atoms with Gasteiger partial charge >= 0.3 is 5.97 Å². The predicted molar refractivity (Wildman–Crippen MR) is 69.3 cm³/mol. The van der Waals surface area contributed by atoms with Crippen LogP contribution in [0.2, 0.25) is 0 Å². The van der Waals surface area contributed by atoms with E-state index in [1.54, 1.807) is 6.20 Å². The molecule has 1 aromatic rings. The molecule has 0 spiro atoms. The van der Waals surface area contributed by atoms with Gasteiger partial charge in [-0.1, -0.05) is 12.5 Å². The predicted octanol–water partition coefficient (Wildman–Crippen LogP) is 1.08. The molecule has 1 amide bonds. The van der Waals surface area contributed by atoms with E-state index in [1.807, 2.05) is 18.2 Å². The summed E-state index contributed by atoms with van der Waals surface area (Å²) in [5, 5.41) is 2.81. The number of methoxy groups -OCH3 is 1.